The highest BCUT2D eigenvalue weighted by Gasteiger charge is 2.08. The molecular weight excluding hydrogens is 200 g/mol. The number of rotatable bonds is 8. The van der Waals surface area contributed by atoms with Crippen LogP contribution in [0, 0.1) is 0 Å². The van der Waals surface area contributed by atoms with E-state index in [9.17, 15) is 0 Å². The Morgan fingerprint density at radius 3 is 2.88 bits per heavy atom. The molecule has 0 spiro atoms. The first-order valence-electron chi connectivity index (χ1n) is 6.07. The highest BCUT2D eigenvalue weighted by molar-refractivity contribution is 5.05. The molecule has 0 aliphatic carbocycles. The van der Waals surface area contributed by atoms with E-state index >= 15 is 0 Å². The van der Waals surface area contributed by atoms with Crippen LogP contribution < -0.4 is 5.32 Å². The van der Waals surface area contributed by atoms with Crippen molar-refractivity contribution >= 4 is 0 Å². The Balaban J connectivity index is 2.38. The zero-order chi connectivity index (χ0) is 11.6. The number of pyridine rings is 1. The predicted molar refractivity (Wildman–Crippen MR) is 66.5 cm³/mol. The van der Waals surface area contributed by atoms with Crippen LogP contribution in [0.25, 0.3) is 0 Å². The van der Waals surface area contributed by atoms with E-state index in [0.717, 1.165) is 38.3 Å². The number of nitrogens with one attached hydrogen (secondary N) is 1. The molecule has 0 radical (unpaired) electrons. The standard InChI is InChI=1S/C13H22N2O/c1-3-9-16-11-13(14-4-2)10-12-7-5-6-8-15-12/h5-8,13-14H,3-4,9-11H2,1-2H3. The zero-order valence-electron chi connectivity index (χ0n) is 10.3. The maximum atomic E-state index is 5.58. The molecule has 0 amide bonds. The topological polar surface area (TPSA) is 34.1 Å². The summed E-state index contributed by atoms with van der Waals surface area (Å²) in [6.45, 7) is 6.81. The van der Waals surface area contributed by atoms with Gasteiger partial charge in [-0.2, -0.15) is 0 Å². The van der Waals surface area contributed by atoms with Gasteiger partial charge in [-0.3, -0.25) is 4.98 Å². The van der Waals surface area contributed by atoms with Crippen molar-refractivity contribution in [3.8, 4) is 0 Å². The molecule has 0 fully saturated rings. The molecule has 0 aliphatic heterocycles. The first kappa shape index (κ1) is 13.1. The molecule has 0 saturated carbocycles. The van der Waals surface area contributed by atoms with Crippen LogP contribution in [-0.4, -0.2) is 30.8 Å². The molecule has 0 aromatic carbocycles. The largest absolute Gasteiger partial charge is 0.380 e. The second kappa shape index (κ2) is 8.25. The van der Waals surface area contributed by atoms with E-state index < -0.39 is 0 Å². The monoisotopic (exact) mass is 222 g/mol. The normalized spacial score (nSPS) is 12.6. The van der Waals surface area contributed by atoms with Gasteiger partial charge in [-0.15, -0.1) is 0 Å². The van der Waals surface area contributed by atoms with E-state index in [-0.39, 0.29) is 0 Å². The van der Waals surface area contributed by atoms with Gasteiger partial charge in [-0.1, -0.05) is 19.9 Å². The fourth-order valence-corrected chi connectivity index (χ4v) is 1.62. The Hall–Kier alpha value is -0.930. The van der Waals surface area contributed by atoms with Crippen molar-refractivity contribution < 1.29 is 4.74 Å². The van der Waals surface area contributed by atoms with Gasteiger partial charge in [-0.05, 0) is 25.1 Å². The van der Waals surface area contributed by atoms with Crippen molar-refractivity contribution in [1.29, 1.82) is 0 Å². The Bertz CT molecular complexity index is 264. The zero-order valence-corrected chi connectivity index (χ0v) is 10.3. The molecule has 0 bridgehead atoms. The van der Waals surface area contributed by atoms with Crippen LogP contribution in [0.1, 0.15) is 26.0 Å². The first-order valence-corrected chi connectivity index (χ1v) is 6.07. The SMILES string of the molecule is CCCOCC(Cc1ccccn1)NCC. The van der Waals surface area contributed by atoms with Gasteiger partial charge in [0.25, 0.3) is 0 Å². The van der Waals surface area contributed by atoms with Crippen LogP contribution in [-0.2, 0) is 11.2 Å². The van der Waals surface area contributed by atoms with Crippen LogP contribution >= 0.6 is 0 Å². The third-order valence-corrected chi connectivity index (χ3v) is 2.34. The van der Waals surface area contributed by atoms with Crippen LogP contribution in [0.15, 0.2) is 24.4 Å². The molecule has 1 atom stereocenters. The lowest BCUT2D eigenvalue weighted by molar-refractivity contribution is 0.112. The van der Waals surface area contributed by atoms with Gasteiger partial charge in [0.15, 0.2) is 0 Å². The maximum Gasteiger partial charge on any atom is 0.0623 e. The number of hydrogen-bond acceptors (Lipinski definition) is 3. The summed E-state index contributed by atoms with van der Waals surface area (Å²) in [6.07, 6.45) is 3.84. The summed E-state index contributed by atoms with van der Waals surface area (Å²) in [5.74, 6) is 0. The lowest BCUT2D eigenvalue weighted by Gasteiger charge is -2.17. The number of aromatic nitrogens is 1. The van der Waals surface area contributed by atoms with Crippen LogP contribution in [0.4, 0.5) is 0 Å². The van der Waals surface area contributed by atoms with E-state index in [1.807, 2.05) is 18.3 Å². The van der Waals surface area contributed by atoms with Gasteiger partial charge in [-0.25, -0.2) is 0 Å². The molecule has 0 aliphatic rings. The lowest BCUT2D eigenvalue weighted by Crippen LogP contribution is -2.35. The number of ether oxygens (including phenoxy) is 1. The van der Waals surface area contributed by atoms with Crippen LogP contribution in [0.3, 0.4) is 0 Å². The minimum atomic E-state index is 0.367. The minimum absolute atomic E-state index is 0.367. The molecule has 0 saturated heterocycles. The van der Waals surface area contributed by atoms with E-state index in [0.29, 0.717) is 6.04 Å². The second-order valence-electron chi connectivity index (χ2n) is 3.85. The third kappa shape index (κ3) is 5.24. The van der Waals surface area contributed by atoms with Gasteiger partial charge in [0.2, 0.25) is 0 Å². The van der Waals surface area contributed by atoms with Crippen molar-refractivity contribution in [2.75, 3.05) is 19.8 Å². The smallest absolute Gasteiger partial charge is 0.0623 e. The maximum absolute atomic E-state index is 5.58. The van der Waals surface area contributed by atoms with Gasteiger partial charge in [0, 0.05) is 31.0 Å². The highest BCUT2D eigenvalue weighted by atomic mass is 16.5. The van der Waals surface area contributed by atoms with Crippen molar-refractivity contribution in [3.05, 3.63) is 30.1 Å². The Morgan fingerprint density at radius 2 is 2.25 bits per heavy atom. The van der Waals surface area contributed by atoms with Gasteiger partial charge in [0.1, 0.15) is 0 Å². The summed E-state index contributed by atoms with van der Waals surface area (Å²) < 4.78 is 5.58. The average Bonchev–Trinajstić information content (AvgIpc) is 2.31. The van der Waals surface area contributed by atoms with E-state index in [1.54, 1.807) is 0 Å². The number of hydrogen-bond donors (Lipinski definition) is 1. The second-order valence-corrected chi connectivity index (χ2v) is 3.85. The summed E-state index contributed by atoms with van der Waals surface area (Å²) in [5.41, 5.74) is 1.12. The summed E-state index contributed by atoms with van der Waals surface area (Å²) in [7, 11) is 0. The highest BCUT2D eigenvalue weighted by Crippen LogP contribution is 2.00. The van der Waals surface area contributed by atoms with Gasteiger partial charge < -0.3 is 10.1 Å². The predicted octanol–water partition coefficient (Wildman–Crippen LogP) is 2.03. The van der Waals surface area contributed by atoms with E-state index in [2.05, 4.69) is 30.2 Å². The minimum Gasteiger partial charge on any atom is -0.380 e. The van der Waals surface area contributed by atoms with Crippen LogP contribution in [0.5, 0.6) is 0 Å². The van der Waals surface area contributed by atoms with Crippen molar-refractivity contribution in [2.24, 2.45) is 0 Å². The van der Waals surface area contributed by atoms with Crippen molar-refractivity contribution in [1.82, 2.24) is 10.3 Å². The molecule has 1 heterocycles. The fourth-order valence-electron chi connectivity index (χ4n) is 1.62. The van der Waals surface area contributed by atoms with Gasteiger partial charge in [0.05, 0.1) is 6.61 Å². The average molecular weight is 222 g/mol. The number of nitrogens with zero attached hydrogens (tertiary/aromatic N) is 1. The summed E-state index contributed by atoms with van der Waals surface area (Å²) in [4.78, 5) is 4.33. The molecule has 1 aromatic rings. The summed E-state index contributed by atoms with van der Waals surface area (Å²) in [6, 6.07) is 6.40. The Labute approximate surface area is 98.2 Å². The molecule has 3 heteroatoms. The summed E-state index contributed by atoms with van der Waals surface area (Å²) in [5, 5.41) is 3.42. The molecule has 1 aromatic heterocycles. The molecular formula is C13H22N2O. The molecule has 1 rings (SSSR count). The van der Waals surface area contributed by atoms with E-state index in [4.69, 9.17) is 4.74 Å². The van der Waals surface area contributed by atoms with Crippen LogP contribution in [0.2, 0.25) is 0 Å². The third-order valence-electron chi connectivity index (χ3n) is 2.34. The Morgan fingerprint density at radius 1 is 1.38 bits per heavy atom. The first-order chi connectivity index (χ1) is 7.86. The molecule has 1 N–H and O–H groups in total. The quantitative estimate of drug-likeness (QED) is 0.683. The lowest BCUT2D eigenvalue weighted by atomic mass is 10.1. The molecule has 16 heavy (non-hydrogen) atoms. The van der Waals surface area contributed by atoms with Crippen molar-refractivity contribution in [3.63, 3.8) is 0 Å². The number of likely N-dealkylation sites (N-methyl/N-ethyl adjacent to an activating group) is 1. The fraction of sp³-hybridized carbons (Fsp3) is 0.615. The molecule has 3 nitrogen and oxygen atoms in total. The Kier molecular flexibility index (Phi) is 6.77. The van der Waals surface area contributed by atoms with Gasteiger partial charge >= 0.3 is 0 Å². The molecule has 1 unspecified atom stereocenters. The summed E-state index contributed by atoms with van der Waals surface area (Å²) >= 11 is 0. The van der Waals surface area contributed by atoms with E-state index in [1.165, 1.54) is 0 Å². The molecule has 90 valence electrons. The van der Waals surface area contributed by atoms with Crippen molar-refractivity contribution in [2.45, 2.75) is 32.7 Å².